The van der Waals surface area contributed by atoms with Crippen LogP contribution in [0.2, 0.25) is 0 Å². The number of aromatic nitrogens is 5. The minimum Gasteiger partial charge on any atom is -0.264 e. The van der Waals surface area contributed by atoms with Gasteiger partial charge in [-0.15, -0.1) is 0 Å². The first-order chi connectivity index (χ1) is 12.4. The van der Waals surface area contributed by atoms with Crippen LogP contribution in [-0.2, 0) is 6.54 Å². The summed E-state index contributed by atoms with van der Waals surface area (Å²) in [6, 6.07) is 16.7. The number of benzene rings is 1. The smallest absolute Gasteiger partial charge is 0.264 e. The Hall–Kier alpha value is -3.47. The van der Waals surface area contributed by atoms with Crippen LogP contribution in [0.15, 0.2) is 73.3 Å². The molecule has 0 atom stereocenters. The lowest BCUT2D eigenvalue weighted by molar-refractivity contribution is -0.645. The number of fused-ring (bicyclic) bond motifs is 7. The predicted octanol–water partition coefficient (Wildman–Crippen LogP) is 2.99. The van der Waals surface area contributed by atoms with Crippen LogP contribution < -0.4 is 4.57 Å². The molecule has 25 heavy (non-hydrogen) atoms. The van der Waals surface area contributed by atoms with Crippen molar-refractivity contribution in [3.05, 3.63) is 78.9 Å². The molecule has 0 radical (unpaired) electrons. The van der Waals surface area contributed by atoms with E-state index in [4.69, 9.17) is 0 Å². The molecule has 0 spiro atoms. The number of nitrogens with zero attached hydrogens (tertiary/aromatic N) is 5. The molecule has 6 rings (SSSR count). The van der Waals surface area contributed by atoms with Crippen molar-refractivity contribution < 1.29 is 4.57 Å². The van der Waals surface area contributed by atoms with Gasteiger partial charge in [-0.3, -0.25) is 4.98 Å². The Morgan fingerprint density at radius 3 is 2.76 bits per heavy atom. The maximum Gasteiger partial charge on any atom is 0.296 e. The maximum absolute atomic E-state index is 4.48. The Morgan fingerprint density at radius 2 is 1.84 bits per heavy atom. The molecule has 118 valence electrons. The average Bonchev–Trinajstić information content (AvgIpc) is 3.29. The molecule has 5 aromatic rings. The first-order valence-electron chi connectivity index (χ1n) is 8.31. The number of para-hydroxylation sites is 1. The van der Waals surface area contributed by atoms with Crippen molar-refractivity contribution in [3.63, 3.8) is 0 Å². The lowest BCUT2D eigenvalue weighted by Crippen LogP contribution is -2.31. The minimum atomic E-state index is 0.837. The first kappa shape index (κ1) is 12.9. The van der Waals surface area contributed by atoms with Gasteiger partial charge in [-0.25, -0.2) is 9.08 Å². The molecule has 0 saturated carbocycles. The topological polar surface area (TPSA) is 39.0 Å². The molecule has 1 aromatic carbocycles. The molecule has 0 unspecified atom stereocenters. The number of imidazole rings is 1. The van der Waals surface area contributed by atoms with Gasteiger partial charge in [-0.2, -0.15) is 9.67 Å². The van der Waals surface area contributed by atoms with Crippen LogP contribution >= 0.6 is 0 Å². The Balaban J connectivity index is 1.83. The molecule has 0 saturated heterocycles. The first-order valence-corrected chi connectivity index (χ1v) is 8.31. The lowest BCUT2D eigenvalue weighted by atomic mass is 10.1. The van der Waals surface area contributed by atoms with Crippen molar-refractivity contribution in [2.75, 3.05) is 0 Å². The molecule has 5 nitrogen and oxygen atoms in total. The summed E-state index contributed by atoms with van der Waals surface area (Å²) in [4.78, 5) is 4.31. The van der Waals surface area contributed by atoms with E-state index in [0.29, 0.717) is 0 Å². The van der Waals surface area contributed by atoms with Crippen molar-refractivity contribution in [1.29, 1.82) is 0 Å². The summed E-state index contributed by atoms with van der Waals surface area (Å²) in [5, 5.41) is 4.48. The maximum atomic E-state index is 4.48. The number of hydrogen-bond acceptors (Lipinski definition) is 2. The van der Waals surface area contributed by atoms with Crippen molar-refractivity contribution in [1.82, 2.24) is 19.2 Å². The molecule has 0 fully saturated rings. The van der Waals surface area contributed by atoms with Gasteiger partial charge in [0.1, 0.15) is 17.7 Å². The monoisotopic (exact) mass is 324 g/mol. The zero-order chi connectivity index (χ0) is 16.4. The quantitative estimate of drug-likeness (QED) is 0.436. The molecule has 5 heterocycles. The van der Waals surface area contributed by atoms with Crippen LogP contribution in [0, 0.1) is 0 Å². The standard InChI is InChI=1S/C20H14N5/c1-2-5-15(6-3-1)25-18-13-24-17(7-4-9-22-24)19(18)23-12-14-11-21-10-8-16(14)20(23)25/h1-11,13H,12H2/q+1. The fraction of sp³-hybridized carbons (Fsp3) is 0.0500. The van der Waals surface area contributed by atoms with E-state index < -0.39 is 0 Å². The summed E-state index contributed by atoms with van der Waals surface area (Å²) >= 11 is 0. The fourth-order valence-corrected chi connectivity index (χ4v) is 3.96. The van der Waals surface area contributed by atoms with Crippen LogP contribution in [0.25, 0.3) is 33.6 Å². The normalized spacial score (nSPS) is 12.6. The number of rotatable bonds is 1. The summed E-state index contributed by atoms with van der Waals surface area (Å²) in [5.41, 5.74) is 7.16. The van der Waals surface area contributed by atoms with Gasteiger partial charge in [0, 0.05) is 24.2 Å². The Labute approximate surface area is 143 Å². The van der Waals surface area contributed by atoms with Crippen molar-refractivity contribution >= 4 is 16.6 Å². The third kappa shape index (κ3) is 1.59. The SMILES string of the molecule is c1ccc(-n2c3[n+](c4c2cn2ncccc42)Cc2cnccc2-3)cc1. The Morgan fingerprint density at radius 1 is 0.920 bits per heavy atom. The van der Waals surface area contributed by atoms with Crippen LogP contribution in [-0.4, -0.2) is 19.2 Å². The van der Waals surface area contributed by atoms with Gasteiger partial charge in [0.2, 0.25) is 11.0 Å². The van der Waals surface area contributed by atoms with Gasteiger partial charge in [0.25, 0.3) is 5.82 Å². The summed E-state index contributed by atoms with van der Waals surface area (Å²) in [7, 11) is 0. The van der Waals surface area contributed by atoms with Crippen LogP contribution in [0.5, 0.6) is 0 Å². The van der Waals surface area contributed by atoms with E-state index in [1.807, 2.05) is 35.2 Å². The Kier molecular flexibility index (Phi) is 2.34. The van der Waals surface area contributed by atoms with Gasteiger partial charge in [-0.1, -0.05) is 18.2 Å². The zero-order valence-electron chi connectivity index (χ0n) is 13.4. The largest absolute Gasteiger partial charge is 0.296 e. The molecule has 5 heteroatoms. The van der Waals surface area contributed by atoms with Gasteiger partial charge >= 0.3 is 0 Å². The van der Waals surface area contributed by atoms with Gasteiger partial charge in [0.05, 0.1) is 11.8 Å². The average molecular weight is 324 g/mol. The second-order valence-corrected chi connectivity index (χ2v) is 6.33. The van der Waals surface area contributed by atoms with Crippen molar-refractivity contribution in [2.45, 2.75) is 6.54 Å². The highest BCUT2D eigenvalue weighted by Crippen LogP contribution is 2.35. The van der Waals surface area contributed by atoms with E-state index in [1.54, 1.807) is 0 Å². The summed E-state index contributed by atoms with van der Waals surface area (Å²) in [5.74, 6) is 1.21. The second-order valence-electron chi connectivity index (χ2n) is 6.33. The second kappa shape index (κ2) is 4.54. The highest BCUT2D eigenvalue weighted by molar-refractivity contribution is 5.92. The van der Waals surface area contributed by atoms with E-state index in [2.05, 4.69) is 61.8 Å². The predicted molar refractivity (Wildman–Crippen MR) is 94.6 cm³/mol. The molecular weight excluding hydrogens is 310 g/mol. The van der Waals surface area contributed by atoms with Crippen LogP contribution in [0.1, 0.15) is 5.56 Å². The fourth-order valence-electron chi connectivity index (χ4n) is 3.96. The zero-order valence-corrected chi connectivity index (χ0v) is 13.4. The summed E-state index contributed by atoms with van der Waals surface area (Å²) < 4.78 is 6.67. The van der Waals surface area contributed by atoms with Crippen LogP contribution in [0.3, 0.4) is 0 Å². The van der Waals surface area contributed by atoms with Crippen LogP contribution in [0.4, 0.5) is 0 Å². The van der Waals surface area contributed by atoms with E-state index in [9.17, 15) is 0 Å². The molecule has 4 aromatic heterocycles. The van der Waals surface area contributed by atoms with Crippen molar-refractivity contribution in [3.8, 4) is 17.1 Å². The van der Waals surface area contributed by atoms with Gasteiger partial charge in [-0.05, 0) is 30.3 Å². The third-order valence-electron chi connectivity index (χ3n) is 4.97. The molecular formula is C20H14N5+. The molecule has 0 N–H and O–H groups in total. The van der Waals surface area contributed by atoms with Gasteiger partial charge in [0.15, 0.2) is 0 Å². The molecule has 0 aliphatic carbocycles. The molecule has 1 aliphatic rings. The minimum absolute atomic E-state index is 0.837. The van der Waals surface area contributed by atoms with E-state index in [-0.39, 0.29) is 0 Å². The van der Waals surface area contributed by atoms with Crippen molar-refractivity contribution in [2.24, 2.45) is 0 Å². The summed E-state index contributed by atoms with van der Waals surface area (Å²) in [6.45, 7) is 0.837. The molecule has 1 aliphatic heterocycles. The van der Waals surface area contributed by atoms with Gasteiger partial charge < -0.3 is 0 Å². The highest BCUT2D eigenvalue weighted by atomic mass is 15.3. The highest BCUT2D eigenvalue weighted by Gasteiger charge is 2.36. The number of hydrogen-bond donors (Lipinski definition) is 0. The van der Waals surface area contributed by atoms with E-state index >= 15 is 0 Å². The molecule has 0 amide bonds. The number of pyridine rings is 1. The Bertz CT molecular complexity index is 1260. The van der Waals surface area contributed by atoms with E-state index in [1.165, 1.54) is 28.0 Å². The lowest BCUT2D eigenvalue weighted by Gasteiger charge is -2.01. The summed E-state index contributed by atoms with van der Waals surface area (Å²) in [6.07, 6.45) is 7.78. The molecule has 0 bridgehead atoms. The third-order valence-corrected chi connectivity index (χ3v) is 4.97. The van der Waals surface area contributed by atoms with E-state index in [0.717, 1.165) is 17.7 Å².